The number of piperidine rings is 1. The number of nitrogens with two attached hydrogens (primary N) is 1. The summed E-state index contributed by atoms with van der Waals surface area (Å²) in [7, 11) is 2.11. The monoisotopic (exact) mass is 325 g/mol. The highest BCUT2D eigenvalue weighted by Crippen LogP contribution is 2.20. The summed E-state index contributed by atoms with van der Waals surface area (Å²) in [5, 5.41) is 3.10. The predicted octanol–water partition coefficient (Wildman–Crippen LogP) is 2.10. The van der Waals surface area contributed by atoms with Gasteiger partial charge in [-0.15, -0.1) is 0 Å². The van der Waals surface area contributed by atoms with Crippen LogP contribution in [0.5, 0.6) is 0 Å². The summed E-state index contributed by atoms with van der Waals surface area (Å²) >= 11 is 3.34. The van der Waals surface area contributed by atoms with Crippen LogP contribution in [0.1, 0.15) is 23.7 Å². The van der Waals surface area contributed by atoms with Gasteiger partial charge in [-0.3, -0.25) is 4.79 Å². The molecule has 1 heterocycles. The number of hydrogen-bond donors (Lipinski definition) is 2. The Labute approximate surface area is 122 Å². The van der Waals surface area contributed by atoms with Crippen molar-refractivity contribution in [2.24, 2.45) is 5.92 Å². The summed E-state index contributed by atoms with van der Waals surface area (Å²) in [4.78, 5) is 14.5. The van der Waals surface area contributed by atoms with Crippen molar-refractivity contribution in [2.75, 3.05) is 25.9 Å². The third-order valence-electron chi connectivity index (χ3n) is 3.68. The molecule has 2 rings (SSSR count). The average molecular weight is 326 g/mol. The summed E-state index contributed by atoms with van der Waals surface area (Å²) in [5.74, 6) is 0.380. The van der Waals surface area contributed by atoms with Gasteiger partial charge in [0.15, 0.2) is 0 Å². The van der Waals surface area contributed by atoms with Crippen LogP contribution in [-0.4, -0.2) is 37.0 Å². The molecule has 1 aliphatic rings. The Balaban J connectivity index is 2.04. The molecule has 0 aliphatic carbocycles. The lowest BCUT2D eigenvalue weighted by Gasteiger charge is -2.35. The van der Waals surface area contributed by atoms with E-state index in [0.717, 1.165) is 24.0 Å². The molecule has 19 heavy (non-hydrogen) atoms. The first-order valence-electron chi connectivity index (χ1n) is 6.52. The zero-order chi connectivity index (χ0) is 14.0. The number of carbonyl (C=O) groups excluding carboxylic acids is 1. The highest BCUT2D eigenvalue weighted by Gasteiger charge is 2.26. The van der Waals surface area contributed by atoms with Gasteiger partial charge in [-0.1, -0.05) is 22.9 Å². The molecule has 5 heteroatoms. The number of carbonyl (C=O) groups is 1. The Bertz CT molecular complexity index is 478. The molecule has 0 aromatic heterocycles. The van der Waals surface area contributed by atoms with E-state index in [1.807, 2.05) is 6.07 Å². The summed E-state index contributed by atoms with van der Waals surface area (Å²) in [5.41, 5.74) is 6.94. The first kappa shape index (κ1) is 14.3. The van der Waals surface area contributed by atoms with Gasteiger partial charge < -0.3 is 16.0 Å². The molecule has 0 bridgehead atoms. The average Bonchev–Trinajstić information content (AvgIpc) is 2.32. The lowest BCUT2D eigenvalue weighted by molar-refractivity contribution is 0.0884. The fourth-order valence-corrected chi connectivity index (χ4v) is 2.93. The second-order valence-electron chi connectivity index (χ2n) is 5.34. The summed E-state index contributed by atoms with van der Waals surface area (Å²) in [6.45, 7) is 4.21. The van der Waals surface area contributed by atoms with Gasteiger partial charge in [0.2, 0.25) is 0 Å². The van der Waals surface area contributed by atoms with Gasteiger partial charge in [0, 0.05) is 22.7 Å². The SMILES string of the molecule is CC1CN(C)CCC1NC(=O)c1ccc(Br)cc1N. The van der Waals surface area contributed by atoms with Crippen molar-refractivity contribution >= 4 is 27.5 Å². The zero-order valence-corrected chi connectivity index (χ0v) is 12.9. The number of anilines is 1. The maximum absolute atomic E-state index is 12.3. The first-order valence-corrected chi connectivity index (χ1v) is 7.31. The van der Waals surface area contributed by atoms with Crippen LogP contribution >= 0.6 is 15.9 Å². The molecule has 1 fully saturated rings. The van der Waals surface area contributed by atoms with Gasteiger partial charge in [0.1, 0.15) is 0 Å². The first-order chi connectivity index (χ1) is 8.97. The Hall–Kier alpha value is -1.07. The lowest BCUT2D eigenvalue weighted by Crippen LogP contribution is -2.48. The molecule has 2 atom stereocenters. The van der Waals surface area contributed by atoms with E-state index in [-0.39, 0.29) is 11.9 Å². The van der Waals surface area contributed by atoms with E-state index in [1.54, 1.807) is 12.1 Å². The van der Waals surface area contributed by atoms with Gasteiger partial charge in [-0.2, -0.15) is 0 Å². The molecule has 4 nitrogen and oxygen atoms in total. The van der Waals surface area contributed by atoms with Crippen molar-refractivity contribution in [3.63, 3.8) is 0 Å². The molecule has 1 aromatic carbocycles. The van der Waals surface area contributed by atoms with E-state index >= 15 is 0 Å². The van der Waals surface area contributed by atoms with E-state index in [0.29, 0.717) is 17.2 Å². The minimum absolute atomic E-state index is 0.0774. The molecule has 2 unspecified atom stereocenters. The number of rotatable bonds is 2. The van der Waals surface area contributed by atoms with Crippen LogP contribution < -0.4 is 11.1 Å². The maximum atomic E-state index is 12.3. The van der Waals surface area contributed by atoms with Crippen molar-refractivity contribution in [2.45, 2.75) is 19.4 Å². The van der Waals surface area contributed by atoms with E-state index < -0.39 is 0 Å². The maximum Gasteiger partial charge on any atom is 0.253 e. The highest BCUT2D eigenvalue weighted by atomic mass is 79.9. The molecule has 104 valence electrons. The third-order valence-corrected chi connectivity index (χ3v) is 4.18. The summed E-state index contributed by atoms with van der Waals surface area (Å²) in [6.07, 6.45) is 0.986. The molecule has 0 spiro atoms. The number of amides is 1. The molecule has 0 saturated carbocycles. The number of likely N-dealkylation sites (tertiary alicyclic amines) is 1. The highest BCUT2D eigenvalue weighted by molar-refractivity contribution is 9.10. The topological polar surface area (TPSA) is 58.4 Å². The summed E-state index contributed by atoms with van der Waals surface area (Å²) < 4.78 is 0.884. The molecule has 1 saturated heterocycles. The fraction of sp³-hybridized carbons (Fsp3) is 0.500. The molecular formula is C14H20BrN3O. The van der Waals surface area contributed by atoms with Crippen molar-refractivity contribution < 1.29 is 4.79 Å². The number of hydrogen-bond acceptors (Lipinski definition) is 3. The van der Waals surface area contributed by atoms with Crippen LogP contribution in [0.4, 0.5) is 5.69 Å². The van der Waals surface area contributed by atoms with E-state index in [2.05, 4.69) is 40.1 Å². The van der Waals surface area contributed by atoms with Crippen LogP contribution in [0.15, 0.2) is 22.7 Å². The zero-order valence-electron chi connectivity index (χ0n) is 11.3. The smallest absolute Gasteiger partial charge is 0.253 e. The second-order valence-corrected chi connectivity index (χ2v) is 6.26. The van der Waals surface area contributed by atoms with Gasteiger partial charge in [-0.25, -0.2) is 0 Å². The quantitative estimate of drug-likeness (QED) is 0.819. The lowest BCUT2D eigenvalue weighted by atomic mass is 9.94. The van der Waals surface area contributed by atoms with E-state index in [4.69, 9.17) is 5.73 Å². The number of nitrogen functional groups attached to an aromatic ring is 1. The van der Waals surface area contributed by atoms with Crippen molar-refractivity contribution in [1.29, 1.82) is 0 Å². The Morgan fingerprint density at radius 3 is 2.89 bits per heavy atom. The van der Waals surface area contributed by atoms with Crippen LogP contribution in [0, 0.1) is 5.92 Å². The normalized spacial score (nSPS) is 24.2. The third kappa shape index (κ3) is 3.48. The number of benzene rings is 1. The van der Waals surface area contributed by atoms with Gasteiger partial charge >= 0.3 is 0 Å². The van der Waals surface area contributed by atoms with Gasteiger partial charge in [-0.05, 0) is 44.1 Å². The predicted molar refractivity (Wildman–Crippen MR) is 81.1 cm³/mol. The number of nitrogens with zero attached hydrogens (tertiary/aromatic N) is 1. The Morgan fingerprint density at radius 1 is 1.53 bits per heavy atom. The second kappa shape index (κ2) is 5.92. The van der Waals surface area contributed by atoms with Crippen molar-refractivity contribution in [1.82, 2.24) is 10.2 Å². The van der Waals surface area contributed by atoms with Crippen molar-refractivity contribution in [3.8, 4) is 0 Å². The van der Waals surface area contributed by atoms with Crippen LogP contribution in [0.3, 0.4) is 0 Å². The minimum Gasteiger partial charge on any atom is -0.398 e. The standard InChI is InChI=1S/C14H20BrN3O/c1-9-8-18(2)6-5-13(9)17-14(19)11-4-3-10(15)7-12(11)16/h3-4,7,9,13H,5-6,8,16H2,1-2H3,(H,17,19). The van der Waals surface area contributed by atoms with Crippen LogP contribution in [0.2, 0.25) is 0 Å². The van der Waals surface area contributed by atoms with E-state index in [9.17, 15) is 4.79 Å². The molecule has 1 aromatic rings. The molecular weight excluding hydrogens is 306 g/mol. The molecule has 1 amide bonds. The Kier molecular flexibility index (Phi) is 4.47. The van der Waals surface area contributed by atoms with Gasteiger partial charge in [0.05, 0.1) is 5.56 Å². The number of nitrogens with one attached hydrogen (secondary N) is 1. The largest absolute Gasteiger partial charge is 0.398 e. The minimum atomic E-state index is -0.0774. The molecule has 3 N–H and O–H groups in total. The van der Waals surface area contributed by atoms with Crippen LogP contribution in [0.25, 0.3) is 0 Å². The molecule has 0 radical (unpaired) electrons. The molecule has 1 aliphatic heterocycles. The number of halogens is 1. The van der Waals surface area contributed by atoms with Crippen molar-refractivity contribution in [3.05, 3.63) is 28.2 Å². The van der Waals surface area contributed by atoms with E-state index in [1.165, 1.54) is 0 Å². The summed E-state index contributed by atoms with van der Waals surface area (Å²) in [6, 6.07) is 5.58. The Morgan fingerprint density at radius 2 is 2.26 bits per heavy atom. The van der Waals surface area contributed by atoms with Crippen LogP contribution in [-0.2, 0) is 0 Å². The fourth-order valence-electron chi connectivity index (χ4n) is 2.56. The van der Waals surface area contributed by atoms with Gasteiger partial charge in [0.25, 0.3) is 5.91 Å².